The second-order valence-electron chi connectivity index (χ2n) is 4.25. The van der Waals surface area contributed by atoms with Gasteiger partial charge in [0.05, 0.1) is 0 Å². The van der Waals surface area contributed by atoms with Gasteiger partial charge in [0, 0.05) is 0 Å². The summed E-state index contributed by atoms with van der Waals surface area (Å²) in [6.45, 7) is 10.3. The van der Waals surface area contributed by atoms with Crippen LogP contribution in [-0.2, 0) is 5.41 Å². The molecule has 0 heterocycles. The molecule has 3 heteroatoms. The second-order valence-corrected chi connectivity index (χ2v) is 4.25. The summed E-state index contributed by atoms with van der Waals surface area (Å²) < 4.78 is 0. The van der Waals surface area contributed by atoms with Gasteiger partial charge in [0.1, 0.15) is 0 Å². The Kier molecular flexibility index (Phi) is 5.62. The SMILES string of the molecule is CC.CC(C)(C)c1cccc(B(O)O)c1. The summed E-state index contributed by atoms with van der Waals surface area (Å²) in [4.78, 5) is 0. The molecule has 0 radical (unpaired) electrons. The van der Waals surface area contributed by atoms with Crippen molar-refractivity contribution in [3.63, 3.8) is 0 Å². The molecular formula is C12H21BO2. The first-order valence-electron chi connectivity index (χ1n) is 5.38. The van der Waals surface area contributed by atoms with E-state index in [2.05, 4.69) is 20.8 Å². The average molecular weight is 208 g/mol. The molecule has 0 saturated carbocycles. The highest BCUT2D eigenvalue weighted by Gasteiger charge is 2.17. The van der Waals surface area contributed by atoms with Crippen molar-refractivity contribution >= 4 is 12.6 Å². The first-order valence-corrected chi connectivity index (χ1v) is 5.38. The highest BCUT2D eigenvalue weighted by atomic mass is 16.4. The van der Waals surface area contributed by atoms with Gasteiger partial charge in [-0.25, -0.2) is 0 Å². The van der Waals surface area contributed by atoms with E-state index in [4.69, 9.17) is 10.0 Å². The minimum Gasteiger partial charge on any atom is -0.423 e. The van der Waals surface area contributed by atoms with Gasteiger partial charge in [-0.3, -0.25) is 0 Å². The highest BCUT2D eigenvalue weighted by Crippen LogP contribution is 2.20. The molecule has 0 unspecified atom stereocenters. The lowest BCUT2D eigenvalue weighted by atomic mass is 9.76. The molecule has 0 atom stereocenters. The molecule has 15 heavy (non-hydrogen) atoms. The van der Waals surface area contributed by atoms with E-state index in [0.717, 1.165) is 5.56 Å². The van der Waals surface area contributed by atoms with Crippen LogP contribution in [0.4, 0.5) is 0 Å². The molecule has 0 fully saturated rings. The van der Waals surface area contributed by atoms with Gasteiger partial charge in [0.15, 0.2) is 0 Å². The molecule has 0 bridgehead atoms. The maximum atomic E-state index is 8.97. The largest absolute Gasteiger partial charge is 0.488 e. The molecule has 0 amide bonds. The Morgan fingerprint density at radius 3 is 2.00 bits per heavy atom. The maximum Gasteiger partial charge on any atom is 0.488 e. The summed E-state index contributed by atoms with van der Waals surface area (Å²) in [5, 5.41) is 17.9. The zero-order valence-electron chi connectivity index (χ0n) is 10.3. The predicted molar refractivity (Wildman–Crippen MR) is 66.3 cm³/mol. The number of hydrogen-bond acceptors (Lipinski definition) is 2. The molecule has 0 aliphatic carbocycles. The average Bonchev–Trinajstić information content (AvgIpc) is 2.20. The van der Waals surface area contributed by atoms with Crippen LogP contribution in [0.25, 0.3) is 0 Å². The van der Waals surface area contributed by atoms with Crippen molar-refractivity contribution in [1.82, 2.24) is 0 Å². The van der Waals surface area contributed by atoms with E-state index in [1.54, 1.807) is 6.07 Å². The molecule has 2 nitrogen and oxygen atoms in total. The molecular weight excluding hydrogens is 187 g/mol. The molecule has 1 aromatic carbocycles. The Morgan fingerprint density at radius 2 is 1.60 bits per heavy atom. The Labute approximate surface area is 93.1 Å². The van der Waals surface area contributed by atoms with E-state index >= 15 is 0 Å². The van der Waals surface area contributed by atoms with Crippen LogP contribution in [0.1, 0.15) is 40.2 Å². The second kappa shape index (κ2) is 5.94. The van der Waals surface area contributed by atoms with E-state index in [0.29, 0.717) is 5.46 Å². The van der Waals surface area contributed by atoms with Crippen LogP contribution in [0, 0.1) is 0 Å². The molecule has 0 aliphatic heterocycles. The van der Waals surface area contributed by atoms with Gasteiger partial charge in [-0.15, -0.1) is 0 Å². The lowest BCUT2D eigenvalue weighted by Crippen LogP contribution is -2.31. The molecule has 0 aromatic heterocycles. The zero-order valence-corrected chi connectivity index (χ0v) is 10.3. The summed E-state index contributed by atoms with van der Waals surface area (Å²) in [6.07, 6.45) is 0. The summed E-state index contributed by atoms with van der Waals surface area (Å²) >= 11 is 0. The molecule has 1 aromatic rings. The predicted octanol–water partition coefficient (Wildman–Crippen LogP) is 1.69. The lowest BCUT2D eigenvalue weighted by molar-refractivity contribution is 0.425. The third-order valence-electron chi connectivity index (χ3n) is 2.05. The molecule has 0 spiro atoms. The molecule has 2 N–H and O–H groups in total. The zero-order chi connectivity index (χ0) is 12.1. The Morgan fingerprint density at radius 1 is 1.07 bits per heavy atom. The van der Waals surface area contributed by atoms with Gasteiger partial charge in [0.25, 0.3) is 0 Å². The van der Waals surface area contributed by atoms with Crippen molar-refractivity contribution in [2.45, 2.75) is 40.0 Å². The fourth-order valence-electron chi connectivity index (χ4n) is 1.17. The van der Waals surface area contributed by atoms with E-state index in [-0.39, 0.29) is 5.41 Å². The Balaban J connectivity index is 0.000000921. The smallest absolute Gasteiger partial charge is 0.423 e. The standard InChI is InChI=1S/C10H15BO2.C2H6/c1-10(2,3)8-5-4-6-9(7-8)11(12)13;1-2/h4-7,12-13H,1-3H3;1-2H3. The molecule has 0 aliphatic rings. The van der Waals surface area contributed by atoms with E-state index < -0.39 is 7.12 Å². The number of hydrogen-bond donors (Lipinski definition) is 2. The van der Waals surface area contributed by atoms with Gasteiger partial charge in [-0.1, -0.05) is 58.9 Å². The van der Waals surface area contributed by atoms with E-state index in [1.807, 2.05) is 32.0 Å². The maximum absolute atomic E-state index is 8.97. The fraction of sp³-hybridized carbons (Fsp3) is 0.500. The quantitative estimate of drug-likeness (QED) is 0.689. The third-order valence-corrected chi connectivity index (χ3v) is 2.05. The Hall–Kier alpha value is -0.795. The van der Waals surface area contributed by atoms with Crippen molar-refractivity contribution < 1.29 is 10.0 Å². The van der Waals surface area contributed by atoms with Crippen molar-refractivity contribution in [3.8, 4) is 0 Å². The minimum atomic E-state index is -1.37. The van der Waals surface area contributed by atoms with Crippen molar-refractivity contribution in [2.24, 2.45) is 0 Å². The van der Waals surface area contributed by atoms with Crippen LogP contribution in [0.3, 0.4) is 0 Å². The van der Waals surface area contributed by atoms with Gasteiger partial charge < -0.3 is 10.0 Å². The topological polar surface area (TPSA) is 40.5 Å². The number of benzene rings is 1. The van der Waals surface area contributed by atoms with Crippen molar-refractivity contribution in [1.29, 1.82) is 0 Å². The van der Waals surface area contributed by atoms with E-state index in [1.165, 1.54) is 0 Å². The van der Waals surface area contributed by atoms with Crippen molar-refractivity contribution in [3.05, 3.63) is 29.8 Å². The summed E-state index contributed by atoms with van der Waals surface area (Å²) in [5.74, 6) is 0. The Bertz CT molecular complexity index is 290. The third kappa shape index (κ3) is 4.49. The van der Waals surface area contributed by atoms with Gasteiger partial charge in [-0.05, 0) is 16.4 Å². The van der Waals surface area contributed by atoms with Crippen LogP contribution in [-0.4, -0.2) is 17.2 Å². The van der Waals surface area contributed by atoms with Crippen molar-refractivity contribution in [2.75, 3.05) is 0 Å². The molecule has 1 rings (SSSR count). The summed E-state index contributed by atoms with van der Waals surface area (Å²) in [5.41, 5.74) is 1.70. The lowest BCUT2D eigenvalue weighted by Gasteiger charge is -2.19. The van der Waals surface area contributed by atoms with Gasteiger partial charge >= 0.3 is 7.12 Å². The molecule has 84 valence electrons. The van der Waals surface area contributed by atoms with Crippen LogP contribution >= 0.6 is 0 Å². The van der Waals surface area contributed by atoms with E-state index in [9.17, 15) is 0 Å². The first-order chi connectivity index (χ1) is 6.91. The minimum absolute atomic E-state index is 0.0465. The van der Waals surface area contributed by atoms with Crippen LogP contribution in [0.5, 0.6) is 0 Å². The van der Waals surface area contributed by atoms with Crippen LogP contribution < -0.4 is 5.46 Å². The van der Waals surface area contributed by atoms with Crippen LogP contribution in [0.2, 0.25) is 0 Å². The van der Waals surface area contributed by atoms with Crippen LogP contribution in [0.15, 0.2) is 24.3 Å². The summed E-state index contributed by atoms with van der Waals surface area (Å²) in [6, 6.07) is 7.37. The number of rotatable bonds is 1. The first kappa shape index (κ1) is 14.2. The summed E-state index contributed by atoms with van der Waals surface area (Å²) in [7, 11) is -1.37. The normalized spacial score (nSPS) is 10.3. The highest BCUT2D eigenvalue weighted by molar-refractivity contribution is 6.58. The van der Waals surface area contributed by atoms with Gasteiger partial charge in [0.2, 0.25) is 0 Å². The molecule has 0 saturated heterocycles. The van der Waals surface area contributed by atoms with Gasteiger partial charge in [-0.2, -0.15) is 0 Å². The monoisotopic (exact) mass is 208 g/mol. The fourth-order valence-corrected chi connectivity index (χ4v) is 1.17.